The SMILES string of the molecule is Cc1ccc(C=CC(=O)NNC(=O)C(c2ccccc2)c2ccccc2)o1. The zero-order valence-electron chi connectivity index (χ0n) is 14.9. The average Bonchev–Trinajstić information content (AvgIpc) is 3.12. The fraction of sp³-hybridized carbons (Fsp3) is 0.0909. The summed E-state index contributed by atoms with van der Waals surface area (Å²) in [5.74, 6) is 0.0435. The predicted molar refractivity (Wildman–Crippen MR) is 103 cm³/mol. The summed E-state index contributed by atoms with van der Waals surface area (Å²) < 4.78 is 5.36. The maximum Gasteiger partial charge on any atom is 0.262 e. The van der Waals surface area contributed by atoms with Crippen molar-refractivity contribution in [3.05, 3.63) is 102 Å². The standard InChI is InChI=1S/C22H20N2O3/c1-16-12-13-19(27-16)14-15-20(25)23-24-22(26)21(17-8-4-2-5-9-17)18-10-6-3-7-11-18/h2-15,21H,1H3,(H,23,25)(H,24,26). The number of rotatable bonds is 5. The fourth-order valence-corrected chi connectivity index (χ4v) is 2.72. The van der Waals surface area contributed by atoms with Crippen LogP contribution in [-0.2, 0) is 9.59 Å². The Bertz CT molecular complexity index is 891. The molecule has 1 heterocycles. The fourth-order valence-electron chi connectivity index (χ4n) is 2.72. The van der Waals surface area contributed by atoms with Gasteiger partial charge in [-0.2, -0.15) is 0 Å². The van der Waals surface area contributed by atoms with Gasteiger partial charge in [-0.05, 0) is 36.3 Å². The first-order valence-corrected chi connectivity index (χ1v) is 8.58. The van der Waals surface area contributed by atoms with E-state index in [0.717, 1.165) is 16.9 Å². The van der Waals surface area contributed by atoms with E-state index in [0.29, 0.717) is 5.76 Å². The summed E-state index contributed by atoms with van der Waals surface area (Å²) in [6.07, 6.45) is 2.85. The van der Waals surface area contributed by atoms with Crippen molar-refractivity contribution >= 4 is 17.9 Å². The van der Waals surface area contributed by atoms with E-state index < -0.39 is 11.8 Å². The lowest BCUT2D eigenvalue weighted by Crippen LogP contribution is -2.43. The summed E-state index contributed by atoms with van der Waals surface area (Å²) in [5.41, 5.74) is 6.60. The Morgan fingerprint density at radius 2 is 1.44 bits per heavy atom. The second kappa shape index (κ2) is 8.67. The molecule has 0 aliphatic heterocycles. The molecule has 0 saturated carbocycles. The largest absolute Gasteiger partial charge is 0.462 e. The van der Waals surface area contributed by atoms with Crippen molar-refractivity contribution in [3.8, 4) is 0 Å². The summed E-state index contributed by atoms with van der Waals surface area (Å²) in [7, 11) is 0. The predicted octanol–water partition coefficient (Wildman–Crippen LogP) is 3.58. The van der Waals surface area contributed by atoms with E-state index in [9.17, 15) is 9.59 Å². The molecule has 0 fully saturated rings. The monoisotopic (exact) mass is 360 g/mol. The minimum Gasteiger partial charge on any atom is -0.462 e. The van der Waals surface area contributed by atoms with Crippen LogP contribution in [0.1, 0.15) is 28.6 Å². The van der Waals surface area contributed by atoms with Crippen LogP contribution in [0.2, 0.25) is 0 Å². The number of amides is 2. The molecule has 0 unspecified atom stereocenters. The van der Waals surface area contributed by atoms with Crippen LogP contribution in [0.3, 0.4) is 0 Å². The molecule has 5 heteroatoms. The van der Waals surface area contributed by atoms with E-state index in [4.69, 9.17) is 4.42 Å². The number of hydrazine groups is 1. The summed E-state index contributed by atoms with van der Waals surface area (Å²) in [6, 6.07) is 22.4. The molecule has 0 bridgehead atoms. The normalized spacial score (nSPS) is 10.9. The van der Waals surface area contributed by atoms with Crippen LogP contribution in [0.4, 0.5) is 0 Å². The van der Waals surface area contributed by atoms with Gasteiger partial charge in [-0.25, -0.2) is 0 Å². The van der Waals surface area contributed by atoms with E-state index >= 15 is 0 Å². The Morgan fingerprint density at radius 3 is 1.96 bits per heavy atom. The number of carbonyl (C=O) groups excluding carboxylic acids is 2. The van der Waals surface area contributed by atoms with E-state index in [2.05, 4.69) is 10.9 Å². The number of benzene rings is 2. The molecule has 0 saturated heterocycles. The Hall–Kier alpha value is -3.60. The highest BCUT2D eigenvalue weighted by atomic mass is 16.3. The third-order valence-electron chi connectivity index (χ3n) is 4.00. The van der Waals surface area contributed by atoms with Crippen LogP contribution >= 0.6 is 0 Å². The lowest BCUT2D eigenvalue weighted by Gasteiger charge is -2.17. The maximum atomic E-state index is 12.8. The molecule has 136 valence electrons. The second-order valence-electron chi connectivity index (χ2n) is 6.01. The van der Waals surface area contributed by atoms with Crippen LogP contribution in [0.15, 0.2) is 83.3 Å². The van der Waals surface area contributed by atoms with Crippen molar-refractivity contribution in [2.45, 2.75) is 12.8 Å². The van der Waals surface area contributed by atoms with Gasteiger partial charge in [-0.1, -0.05) is 60.7 Å². The number of hydrogen-bond donors (Lipinski definition) is 2. The molecule has 0 aliphatic rings. The topological polar surface area (TPSA) is 71.3 Å². The minimum atomic E-state index is -0.524. The van der Waals surface area contributed by atoms with Crippen LogP contribution in [0.25, 0.3) is 6.08 Å². The number of aryl methyl sites for hydroxylation is 1. The van der Waals surface area contributed by atoms with E-state index in [1.54, 1.807) is 12.1 Å². The van der Waals surface area contributed by atoms with E-state index in [-0.39, 0.29) is 5.91 Å². The molecule has 1 aromatic heterocycles. The van der Waals surface area contributed by atoms with Gasteiger partial charge in [0.25, 0.3) is 5.91 Å². The smallest absolute Gasteiger partial charge is 0.262 e. The summed E-state index contributed by atoms with van der Waals surface area (Å²) >= 11 is 0. The molecule has 5 nitrogen and oxygen atoms in total. The number of carbonyl (C=O) groups is 2. The van der Waals surface area contributed by atoms with Gasteiger partial charge >= 0.3 is 0 Å². The molecule has 2 aromatic carbocycles. The summed E-state index contributed by atoms with van der Waals surface area (Å²) in [6.45, 7) is 1.82. The number of furan rings is 1. The minimum absolute atomic E-state index is 0.317. The maximum absolute atomic E-state index is 12.8. The molecule has 2 amide bonds. The van der Waals surface area contributed by atoms with E-state index in [1.165, 1.54) is 6.08 Å². The first-order chi connectivity index (χ1) is 13.1. The Labute approximate surface area is 157 Å². The zero-order valence-corrected chi connectivity index (χ0v) is 14.9. The van der Waals surface area contributed by atoms with Gasteiger partial charge < -0.3 is 4.42 Å². The van der Waals surface area contributed by atoms with E-state index in [1.807, 2.05) is 73.7 Å². The molecular weight excluding hydrogens is 340 g/mol. The summed E-state index contributed by atoms with van der Waals surface area (Å²) in [4.78, 5) is 24.7. The first-order valence-electron chi connectivity index (χ1n) is 8.58. The third-order valence-corrected chi connectivity index (χ3v) is 4.00. The number of nitrogens with one attached hydrogen (secondary N) is 2. The summed E-state index contributed by atoms with van der Waals surface area (Å²) in [5, 5.41) is 0. The number of hydrogen-bond acceptors (Lipinski definition) is 3. The first kappa shape index (κ1) is 18.2. The molecule has 0 radical (unpaired) electrons. The average molecular weight is 360 g/mol. The van der Waals surface area contributed by atoms with Crippen molar-refractivity contribution in [3.63, 3.8) is 0 Å². The molecule has 2 N–H and O–H groups in total. The van der Waals surface area contributed by atoms with Crippen molar-refractivity contribution in [1.29, 1.82) is 0 Å². The highest BCUT2D eigenvalue weighted by molar-refractivity contribution is 5.94. The molecule has 0 atom stereocenters. The zero-order chi connectivity index (χ0) is 19.1. The molecule has 3 rings (SSSR count). The lowest BCUT2D eigenvalue weighted by molar-refractivity contribution is -0.127. The van der Waals surface area contributed by atoms with Crippen molar-refractivity contribution in [2.75, 3.05) is 0 Å². The molecule has 0 spiro atoms. The van der Waals surface area contributed by atoms with Crippen molar-refractivity contribution in [1.82, 2.24) is 10.9 Å². The van der Waals surface area contributed by atoms with Gasteiger partial charge in [0.05, 0.1) is 5.92 Å². The highest BCUT2D eigenvalue weighted by Gasteiger charge is 2.22. The van der Waals surface area contributed by atoms with Crippen LogP contribution in [-0.4, -0.2) is 11.8 Å². The van der Waals surface area contributed by atoms with Gasteiger partial charge in [-0.3, -0.25) is 20.4 Å². The third kappa shape index (κ3) is 4.95. The van der Waals surface area contributed by atoms with Gasteiger partial charge in [0.1, 0.15) is 11.5 Å². The highest BCUT2D eigenvalue weighted by Crippen LogP contribution is 2.24. The molecule has 0 aliphatic carbocycles. The van der Waals surface area contributed by atoms with Gasteiger partial charge in [0.2, 0.25) is 5.91 Å². The molecule has 27 heavy (non-hydrogen) atoms. The molecule has 3 aromatic rings. The Kier molecular flexibility index (Phi) is 5.84. The molecular formula is C22H20N2O3. The second-order valence-corrected chi connectivity index (χ2v) is 6.01. The van der Waals surface area contributed by atoms with Gasteiger partial charge in [0.15, 0.2) is 0 Å². The van der Waals surface area contributed by atoms with Gasteiger partial charge in [0, 0.05) is 6.08 Å². The Morgan fingerprint density at radius 1 is 0.852 bits per heavy atom. The van der Waals surface area contributed by atoms with Crippen molar-refractivity contribution in [2.24, 2.45) is 0 Å². The lowest BCUT2D eigenvalue weighted by atomic mass is 9.91. The van der Waals surface area contributed by atoms with Crippen LogP contribution in [0, 0.1) is 6.92 Å². The van der Waals surface area contributed by atoms with Crippen LogP contribution < -0.4 is 10.9 Å². The Balaban J connectivity index is 1.68. The quantitative estimate of drug-likeness (QED) is 0.540. The van der Waals surface area contributed by atoms with Crippen LogP contribution in [0.5, 0.6) is 0 Å². The van der Waals surface area contributed by atoms with Gasteiger partial charge in [-0.15, -0.1) is 0 Å². The van der Waals surface area contributed by atoms with Crippen molar-refractivity contribution < 1.29 is 14.0 Å².